The monoisotopic (exact) mass is 382 g/mol. The van der Waals surface area contributed by atoms with Gasteiger partial charge in [0.25, 0.3) is 0 Å². The maximum absolute atomic E-state index is 12.6. The van der Waals surface area contributed by atoms with Gasteiger partial charge in [-0.2, -0.15) is 5.10 Å². The number of hydrogen-bond donors (Lipinski definition) is 1. The fraction of sp³-hybridized carbons (Fsp3) is 0.450. The highest BCUT2D eigenvalue weighted by Crippen LogP contribution is 2.37. The zero-order chi connectivity index (χ0) is 19.5. The summed E-state index contributed by atoms with van der Waals surface area (Å²) in [5.74, 6) is 0.357. The second kappa shape index (κ2) is 8.12. The molecule has 0 aliphatic carbocycles. The molecule has 2 atom stereocenters. The Hall–Kier alpha value is -2.71. The number of likely N-dealkylation sites (tertiary alicyclic amines) is 1. The maximum atomic E-state index is 12.6. The standard InChI is InChI=1S/C20H26N6O2/c1-24-13-16(11-22-24)20-15(9-19(27)26(20)7-8-28-2)10-21-12-17-14-25-6-4-3-5-18(25)23-17/h3-6,11,13-15,20-21H,7-10,12H2,1-2H3/t15-,20+/m0/s1. The summed E-state index contributed by atoms with van der Waals surface area (Å²) in [5, 5.41) is 7.80. The van der Waals surface area contributed by atoms with Gasteiger partial charge in [0.2, 0.25) is 5.91 Å². The van der Waals surface area contributed by atoms with Crippen molar-refractivity contribution in [2.75, 3.05) is 26.8 Å². The van der Waals surface area contributed by atoms with Gasteiger partial charge in [-0.05, 0) is 12.1 Å². The van der Waals surface area contributed by atoms with Crippen molar-refractivity contribution in [3.8, 4) is 0 Å². The topological polar surface area (TPSA) is 76.7 Å². The Morgan fingerprint density at radius 2 is 2.21 bits per heavy atom. The number of methoxy groups -OCH3 is 1. The van der Waals surface area contributed by atoms with Crippen LogP contribution in [0.1, 0.15) is 23.7 Å². The predicted octanol–water partition coefficient (Wildman–Crippen LogP) is 1.39. The van der Waals surface area contributed by atoms with Crippen LogP contribution in [0.5, 0.6) is 0 Å². The van der Waals surface area contributed by atoms with Crippen molar-refractivity contribution in [3.05, 3.63) is 54.2 Å². The Balaban J connectivity index is 1.44. The van der Waals surface area contributed by atoms with Crippen LogP contribution in [0.15, 0.2) is 43.0 Å². The normalized spacial score (nSPS) is 19.8. The van der Waals surface area contributed by atoms with Crippen molar-refractivity contribution in [3.63, 3.8) is 0 Å². The lowest BCUT2D eigenvalue weighted by Gasteiger charge is -2.27. The molecule has 0 radical (unpaired) electrons. The SMILES string of the molecule is COCCN1C(=O)C[C@@H](CNCc2cn3ccccc3n2)[C@@H]1c1cnn(C)c1. The highest BCUT2D eigenvalue weighted by atomic mass is 16.5. The summed E-state index contributed by atoms with van der Waals surface area (Å²) in [6, 6.07) is 5.98. The average Bonchev–Trinajstić information content (AvgIpc) is 3.37. The van der Waals surface area contributed by atoms with Crippen LogP contribution < -0.4 is 5.32 Å². The lowest BCUT2D eigenvalue weighted by Crippen LogP contribution is -2.33. The molecule has 0 spiro atoms. The van der Waals surface area contributed by atoms with E-state index in [0.717, 1.165) is 23.4 Å². The third-order valence-corrected chi connectivity index (χ3v) is 5.27. The zero-order valence-corrected chi connectivity index (χ0v) is 16.3. The summed E-state index contributed by atoms with van der Waals surface area (Å²) in [5.41, 5.74) is 3.00. The molecule has 3 aromatic rings. The lowest BCUT2D eigenvalue weighted by molar-refractivity contribution is -0.129. The first-order valence-corrected chi connectivity index (χ1v) is 9.56. The molecule has 1 fully saturated rings. The zero-order valence-electron chi connectivity index (χ0n) is 16.3. The number of pyridine rings is 1. The highest BCUT2D eigenvalue weighted by molar-refractivity contribution is 5.79. The van der Waals surface area contributed by atoms with Crippen LogP contribution in [0, 0.1) is 5.92 Å². The Bertz CT molecular complexity index is 916. The van der Waals surface area contributed by atoms with Gasteiger partial charge >= 0.3 is 0 Å². The van der Waals surface area contributed by atoms with E-state index in [-0.39, 0.29) is 17.9 Å². The number of nitrogens with one attached hydrogen (secondary N) is 1. The number of aromatic nitrogens is 4. The molecule has 0 unspecified atom stereocenters. The van der Waals surface area contributed by atoms with Gasteiger partial charge in [0, 0.05) is 70.3 Å². The lowest BCUT2D eigenvalue weighted by atomic mass is 9.95. The fourth-order valence-electron chi connectivity index (χ4n) is 4.00. The molecule has 0 saturated carbocycles. The number of rotatable bonds is 8. The molecule has 1 aliphatic rings. The minimum absolute atomic E-state index is 0.0184. The van der Waals surface area contributed by atoms with Crippen LogP contribution in [0.25, 0.3) is 5.65 Å². The summed E-state index contributed by atoms with van der Waals surface area (Å²) in [6.45, 7) is 2.54. The van der Waals surface area contributed by atoms with Gasteiger partial charge in [0.15, 0.2) is 0 Å². The molecule has 3 aromatic heterocycles. The summed E-state index contributed by atoms with van der Waals surface area (Å²) in [6.07, 6.45) is 8.41. The van der Waals surface area contributed by atoms with E-state index >= 15 is 0 Å². The van der Waals surface area contributed by atoms with Gasteiger partial charge in [-0.25, -0.2) is 4.98 Å². The molecular weight excluding hydrogens is 356 g/mol. The van der Waals surface area contributed by atoms with Gasteiger partial charge < -0.3 is 19.4 Å². The van der Waals surface area contributed by atoms with Crippen molar-refractivity contribution >= 4 is 11.6 Å². The fourth-order valence-corrected chi connectivity index (χ4v) is 4.00. The number of aryl methyl sites for hydroxylation is 1. The van der Waals surface area contributed by atoms with E-state index in [2.05, 4.69) is 15.4 Å². The average molecular weight is 382 g/mol. The first kappa shape index (κ1) is 18.6. The van der Waals surface area contributed by atoms with E-state index in [4.69, 9.17) is 4.74 Å². The van der Waals surface area contributed by atoms with Gasteiger partial charge in [-0.3, -0.25) is 9.48 Å². The highest BCUT2D eigenvalue weighted by Gasteiger charge is 2.40. The molecule has 4 rings (SSSR count). The summed E-state index contributed by atoms with van der Waals surface area (Å²) in [4.78, 5) is 19.2. The first-order valence-electron chi connectivity index (χ1n) is 9.56. The number of ether oxygens (including phenoxy) is 1. The molecule has 1 N–H and O–H groups in total. The largest absolute Gasteiger partial charge is 0.383 e. The minimum atomic E-state index is 0.0184. The van der Waals surface area contributed by atoms with Gasteiger partial charge in [0.1, 0.15) is 5.65 Å². The Morgan fingerprint density at radius 3 is 2.96 bits per heavy atom. The van der Waals surface area contributed by atoms with E-state index in [1.165, 1.54) is 0 Å². The van der Waals surface area contributed by atoms with Crippen LogP contribution in [-0.4, -0.2) is 56.8 Å². The van der Waals surface area contributed by atoms with Crippen molar-refractivity contribution in [2.45, 2.75) is 19.0 Å². The molecule has 148 valence electrons. The van der Waals surface area contributed by atoms with E-state index < -0.39 is 0 Å². The molecule has 1 aliphatic heterocycles. The van der Waals surface area contributed by atoms with Crippen LogP contribution in [0.4, 0.5) is 0 Å². The molecule has 1 amide bonds. The second-order valence-corrected chi connectivity index (χ2v) is 7.27. The van der Waals surface area contributed by atoms with Crippen molar-refractivity contribution in [1.29, 1.82) is 0 Å². The molecule has 8 nitrogen and oxygen atoms in total. The van der Waals surface area contributed by atoms with E-state index in [1.807, 2.05) is 59.3 Å². The number of carbonyl (C=O) groups excluding carboxylic acids is 1. The van der Waals surface area contributed by atoms with Gasteiger partial charge in [-0.1, -0.05) is 6.07 Å². The third-order valence-electron chi connectivity index (χ3n) is 5.27. The number of imidazole rings is 1. The minimum Gasteiger partial charge on any atom is -0.383 e. The number of amides is 1. The van der Waals surface area contributed by atoms with E-state index in [0.29, 0.717) is 26.1 Å². The quantitative estimate of drug-likeness (QED) is 0.637. The summed E-state index contributed by atoms with van der Waals surface area (Å²) in [7, 11) is 3.56. The van der Waals surface area contributed by atoms with Crippen LogP contribution in [0.3, 0.4) is 0 Å². The molecule has 4 heterocycles. The van der Waals surface area contributed by atoms with Crippen molar-refractivity contribution in [1.82, 2.24) is 29.4 Å². The third kappa shape index (κ3) is 3.79. The van der Waals surface area contributed by atoms with Gasteiger partial charge in [-0.15, -0.1) is 0 Å². The number of carbonyl (C=O) groups is 1. The van der Waals surface area contributed by atoms with Crippen LogP contribution in [0.2, 0.25) is 0 Å². The Kier molecular flexibility index (Phi) is 5.40. The smallest absolute Gasteiger partial charge is 0.223 e. The Morgan fingerprint density at radius 1 is 1.32 bits per heavy atom. The van der Waals surface area contributed by atoms with E-state index in [9.17, 15) is 4.79 Å². The summed E-state index contributed by atoms with van der Waals surface area (Å²) >= 11 is 0. The molecule has 8 heteroatoms. The Labute approximate surface area is 164 Å². The molecular formula is C20H26N6O2. The predicted molar refractivity (Wildman–Crippen MR) is 105 cm³/mol. The summed E-state index contributed by atoms with van der Waals surface area (Å²) < 4.78 is 9.00. The van der Waals surface area contributed by atoms with Crippen LogP contribution in [-0.2, 0) is 23.1 Å². The maximum Gasteiger partial charge on any atom is 0.223 e. The molecule has 28 heavy (non-hydrogen) atoms. The number of hydrogen-bond acceptors (Lipinski definition) is 5. The molecule has 0 aromatic carbocycles. The van der Waals surface area contributed by atoms with E-state index in [1.54, 1.807) is 11.8 Å². The second-order valence-electron chi connectivity index (χ2n) is 7.27. The van der Waals surface area contributed by atoms with Crippen molar-refractivity contribution < 1.29 is 9.53 Å². The first-order chi connectivity index (χ1) is 13.7. The number of fused-ring (bicyclic) bond motifs is 1. The van der Waals surface area contributed by atoms with Gasteiger partial charge in [0.05, 0.1) is 24.5 Å². The number of nitrogens with zero attached hydrogens (tertiary/aromatic N) is 5. The molecule has 0 bridgehead atoms. The molecule has 1 saturated heterocycles. The van der Waals surface area contributed by atoms with Crippen LogP contribution >= 0.6 is 0 Å². The van der Waals surface area contributed by atoms with Crippen molar-refractivity contribution in [2.24, 2.45) is 13.0 Å².